The van der Waals surface area contributed by atoms with Crippen LogP contribution in [0.15, 0.2) is 47.8 Å². The summed E-state index contributed by atoms with van der Waals surface area (Å²) >= 11 is 1.66. The molecular weight excluding hydrogens is 332 g/mol. The molecule has 0 spiro atoms. The Hall–Kier alpha value is -2.53. The summed E-state index contributed by atoms with van der Waals surface area (Å²) in [5.74, 6) is 1.67. The molecule has 1 N–H and O–H groups in total. The maximum Gasteiger partial charge on any atom is 0.231 e. The van der Waals surface area contributed by atoms with Crippen LogP contribution in [0, 0.1) is 6.92 Å². The first kappa shape index (κ1) is 14.8. The minimum absolute atomic E-state index is 0.0244. The summed E-state index contributed by atoms with van der Waals surface area (Å²) < 4.78 is 10.9. The van der Waals surface area contributed by atoms with E-state index in [0.29, 0.717) is 6.79 Å². The standard InChI is InChI=1S/C20H18N2O2S/c1-13-2-4-14(5-3-13)16-11-25-19(21-16)22-20(8-9-20)15-6-7-17-18(10-15)24-12-23-17/h2-7,10-11H,8-9,12H2,1H3,(H,21,22). The summed E-state index contributed by atoms with van der Waals surface area (Å²) in [5, 5.41) is 6.73. The largest absolute Gasteiger partial charge is 0.454 e. The molecule has 0 unspecified atom stereocenters. The zero-order chi connectivity index (χ0) is 16.9. The smallest absolute Gasteiger partial charge is 0.231 e. The van der Waals surface area contributed by atoms with Gasteiger partial charge in [-0.15, -0.1) is 11.3 Å². The van der Waals surface area contributed by atoms with Crippen molar-refractivity contribution in [2.24, 2.45) is 0 Å². The van der Waals surface area contributed by atoms with Crippen molar-refractivity contribution in [1.29, 1.82) is 0 Å². The average Bonchev–Trinajstić information content (AvgIpc) is 3.05. The minimum Gasteiger partial charge on any atom is -0.454 e. The van der Waals surface area contributed by atoms with Crippen LogP contribution in [-0.4, -0.2) is 11.8 Å². The van der Waals surface area contributed by atoms with E-state index in [-0.39, 0.29) is 5.54 Å². The molecule has 25 heavy (non-hydrogen) atoms. The van der Waals surface area contributed by atoms with Gasteiger partial charge in [0.2, 0.25) is 6.79 Å². The zero-order valence-electron chi connectivity index (χ0n) is 13.9. The van der Waals surface area contributed by atoms with Gasteiger partial charge in [0.15, 0.2) is 16.6 Å². The Morgan fingerprint density at radius 2 is 1.84 bits per heavy atom. The number of nitrogens with zero attached hydrogens (tertiary/aromatic N) is 1. The van der Waals surface area contributed by atoms with Crippen molar-refractivity contribution in [2.75, 3.05) is 12.1 Å². The van der Waals surface area contributed by atoms with Gasteiger partial charge in [0.05, 0.1) is 11.2 Å². The number of aromatic nitrogens is 1. The average molecular weight is 350 g/mol. The lowest BCUT2D eigenvalue weighted by Crippen LogP contribution is -2.18. The maximum atomic E-state index is 5.52. The van der Waals surface area contributed by atoms with Gasteiger partial charge in [0.1, 0.15) is 0 Å². The van der Waals surface area contributed by atoms with Gasteiger partial charge >= 0.3 is 0 Å². The number of anilines is 1. The van der Waals surface area contributed by atoms with Crippen LogP contribution in [0.5, 0.6) is 11.5 Å². The predicted octanol–water partition coefficient (Wildman–Crippen LogP) is 4.95. The summed E-state index contributed by atoms with van der Waals surface area (Å²) in [6.45, 7) is 2.41. The highest BCUT2D eigenvalue weighted by atomic mass is 32.1. The van der Waals surface area contributed by atoms with Crippen molar-refractivity contribution < 1.29 is 9.47 Å². The Morgan fingerprint density at radius 1 is 1.04 bits per heavy atom. The van der Waals surface area contributed by atoms with E-state index in [1.54, 1.807) is 11.3 Å². The molecule has 1 saturated carbocycles. The molecule has 0 atom stereocenters. The molecule has 5 rings (SSSR count). The van der Waals surface area contributed by atoms with Crippen molar-refractivity contribution in [3.8, 4) is 22.8 Å². The lowest BCUT2D eigenvalue weighted by molar-refractivity contribution is 0.174. The number of hydrogen-bond donors (Lipinski definition) is 1. The molecule has 2 aliphatic rings. The third-order valence-corrected chi connectivity index (χ3v) is 5.63. The number of thiazole rings is 1. The molecule has 1 aliphatic carbocycles. The Kier molecular flexibility index (Phi) is 3.25. The maximum absolute atomic E-state index is 5.52. The quantitative estimate of drug-likeness (QED) is 0.723. The van der Waals surface area contributed by atoms with E-state index in [4.69, 9.17) is 14.5 Å². The van der Waals surface area contributed by atoms with Crippen LogP contribution in [0.2, 0.25) is 0 Å². The Bertz CT molecular complexity index is 929. The van der Waals surface area contributed by atoms with Crippen LogP contribution >= 0.6 is 11.3 Å². The van der Waals surface area contributed by atoms with E-state index in [2.05, 4.69) is 54.0 Å². The molecule has 5 heteroatoms. The molecule has 0 bridgehead atoms. The SMILES string of the molecule is Cc1ccc(-c2csc(NC3(c4ccc5c(c4)OCO5)CC3)n2)cc1. The van der Waals surface area contributed by atoms with Crippen LogP contribution in [-0.2, 0) is 5.54 Å². The number of fused-ring (bicyclic) bond motifs is 1. The summed E-state index contributed by atoms with van der Waals surface area (Å²) in [5.41, 5.74) is 4.65. The number of rotatable bonds is 4. The highest BCUT2D eigenvalue weighted by Crippen LogP contribution is 2.50. The summed E-state index contributed by atoms with van der Waals surface area (Å²) in [7, 11) is 0. The van der Waals surface area contributed by atoms with Gasteiger partial charge in [0, 0.05) is 10.9 Å². The Morgan fingerprint density at radius 3 is 2.64 bits per heavy atom. The number of aryl methyl sites for hydroxylation is 1. The third kappa shape index (κ3) is 2.65. The van der Waals surface area contributed by atoms with E-state index in [1.807, 2.05) is 6.07 Å². The van der Waals surface area contributed by atoms with E-state index in [1.165, 1.54) is 11.1 Å². The molecule has 1 aliphatic heterocycles. The van der Waals surface area contributed by atoms with Crippen molar-refractivity contribution in [2.45, 2.75) is 25.3 Å². The fraction of sp³-hybridized carbons (Fsp3) is 0.250. The molecule has 126 valence electrons. The third-order valence-electron chi connectivity index (χ3n) is 4.87. The molecule has 0 amide bonds. The second-order valence-electron chi connectivity index (χ2n) is 6.68. The van der Waals surface area contributed by atoms with Crippen molar-refractivity contribution in [3.63, 3.8) is 0 Å². The van der Waals surface area contributed by atoms with Crippen molar-refractivity contribution in [3.05, 3.63) is 59.0 Å². The van der Waals surface area contributed by atoms with Crippen LogP contribution in [0.4, 0.5) is 5.13 Å². The fourth-order valence-electron chi connectivity index (χ4n) is 3.20. The van der Waals surface area contributed by atoms with Crippen molar-refractivity contribution >= 4 is 16.5 Å². The number of benzene rings is 2. The molecule has 4 nitrogen and oxygen atoms in total. The first-order valence-electron chi connectivity index (χ1n) is 8.43. The van der Waals surface area contributed by atoms with E-state index in [0.717, 1.165) is 40.7 Å². The second kappa shape index (κ2) is 5.49. The van der Waals surface area contributed by atoms with E-state index >= 15 is 0 Å². The van der Waals surface area contributed by atoms with Gasteiger partial charge < -0.3 is 14.8 Å². The molecule has 1 fully saturated rings. The highest BCUT2D eigenvalue weighted by Gasteiger charge is 2.45. The number of hydrogen-bond acceptors (Lipinski definition) is 5. The van der Waals surface area contributed by atoms with Crippen LogP contribution < -0.4 is 14.8 Å². The molecule has 2 aromatic carbocycles. The first-order valence-corrected chi connectivity index (χ1v) is 9.31. The number of ether oxygens (including phenoxy) is 2. The monoisotopic (exact) mass is 350 g/mol. The van der Waals surface area contributed by atoms with E-state index in [9.17, 15) is 0 Å². The van der Waals surface area contributed by atoms with Gasteiger partial charge in [-0.05, 0) is 37.5 Å². The van der Waals surface area contributed by atoms with Crippen LogP contribution in [0.1, 0.15) is 24.0 Å². The highest BCUT2D eigenvalue weighted by molar-refractivity contribution is 7.14. The van der Waals surface area contributed by atoms with Gasteiger partial charge in [-0.1, -0.05) is 35.9 Å². The van der Waals surface area contributed by atoms with Crippen molar-refractivity contribution in [1.82, 2.24) is 4.98 Å². The number of nitrogens with one attached hydrogen (secondary N) is 1. The molecule has 3 aromatic rings. The van der Waals surface area contributed by atoms with Gasteiger partial charge in [0.25, 0.3) is 0 Å². The summed E-state index contributed by atoms with van der Waals surface area (Å²) in [4.78, 5) is 4.78. The first-order chi connectivity index (χ1) is 12.2. The van der Waals surface area contributed by atoms with Gasteiger partial charge in [-0.2, -0.15) is 0 Å². The predicted molar refractivity (Wildman–Crippen MR) is 99.4 cm³/mol. The summed E-state index contributed by atoms with van der Waals surface area (Å²) in [6, 6.07) is 14.7. The molecule has 1 aromatic heterocycles. The molecule has 0 radical (unpaired) electrons. The lowest BCUT2D eigenvalue weighted by atomic mass is 10.0. The fourth-order valence-corrected chi connectivity index (χ4v) is 4.02. The zero-order valence-corrected chi connectivity index (χ0v) is 14.7. The summed E-state index contributed by atoms with van der Waals surface area (Å²) in [6.07, 6.45) is 2.21. The Labute approximate surface area is 150 Å². The molecular formula is C20H18N2O2S. The van der Waals surface area contributed by atoms with Crippen LogP contribution in [0.3, 0.4) is 0 Å². The van der Waals surface area contributed by atoms with E-state index < -0.39 is 0 Å². The molecule has 0 saturated heterocycles. The lowest BCUT2D eigenvalue weighted by Gasteiger charge is -2.17. The van der Waals surface area contributed by atoms with Gasteiger partial charge in [-0.25, -0.2) is 4.98 Å². The second-order valence-corrected chi connectivity index (χ2v) is 7.54. The topological polar surface area (TPSA) is 43.4 Å². The molecule has 2 heterocycles. The minimum atomic E-state index is -0.0244. The van der Waals surface area contributed by atoms with Gasteiger partial charge in [-0.3, -0.25) is 0 Å². The van der Waals surface area contributed by atoms with Crippen LogP contribution in [0.25, 0.3) is 11.3 Å². The Balaban J connectivity index is 1.39. The normalized spacial score (nSPS) is 16.7.